The molecule has 158 valence electrons. The number of carbonyl (C=O) groups excluding carboxylic acids is 1. The minimum atomic E-state index is -0.0975. The van der Waals surface area contributed by atoms with Gasteiger partial charge in [-0.3, -0.25) is 4.79 Å². The zero-order chi connectivity index (χ0) is 20.1. The Bertz CT molecular complexity index is 627. The van der Waals surface area contributed by atoms with Gasteiger partial charge in [0.05, 0.1) is 13.2 Å². The first-order valence-corrected chi connectivity index (χ1v) is 11.7. The monoisotopic (exact) mass is 388 g/mol. The summed E-state index contributed by atoms with van der Waals surface area (Å²) in [6, 6.07) is 0. The highest BCUT2D eigenvalue weighted by atomic mass is 16.5. The molecule has 0 saturated heterocycles. The van der Waals surface area contributed by atoms with Crippen LogP contribution in [0.15, 0.2) is 12.2 Å². The van der Waals surface area contributed by atoms with Crippen molar-refractivity contribution >= 4 is 5.97 Å². The zero-order valence-electron chi connectivity index (χ0n) is 18.3. The van der Waals surface area contributed by atoms with E-state index >= 15 is 0 Å². The zero-order valence-corrected chi connectivity index (χ0v) is 18.3. The molecule has 0 aromatic carbocycles. The largest absolute Gasteiger partial charge is 0.469 e. The van der Waals surface area contributed by atoms with Crippen molar-refractivity contribution in [3.05, 3.63) is 12.2 Å². The molecule has 1 N–H and O–H groups in total. The number of aliphatic hydroxyl groups excluding tert-OH is 1. The van der Waals surface area contributed by atoms with Crippen LogP contribution in [0.25, 0.3) is 0 Å². The molecule has 0 heterocycles. The highest BCUT2D eigenvalue weighted by Gasteiger charge is 2.59. The maximum absolute atomic E-state index is 11.6. The number of fused-ring (bicyclic) bond motifs is 5. The van der Waals surface area contributed by atoms with Crippen molar-refractivity contribution in [1.82, 2.24) is 0 Å². The smallest absolute Gasteiger partial charge is 0.305 e. The van der Waals surface area contributed by atoms with E-state index in [0.717, 1.165) is 37.0 Å². The average molecular weight is 389 g/mol. The quantitative estimate of drug-likeness (QED) is 0.520. The molecule has 4 aliphatic carbocycles. The summed E-state index contributed by atoms with van der Waals surface area (Å²) in [6.07, 6.45) is 15.0. The van der Waals surface area contributed by atoms with Crippen LogP contribution in [0.2, 0.25) is 0 Å². The lowest BCUT2D eigenvalue weighted by Gasteiger charge is -2.59. The molecule has 3 fully saturated rings. The van der Waals surface area contributed by atoms with Crippen LogP contribution in [0.1, 0.15) is 78.6 Å². The Hall–Kier alpha value is -0.830. The lowest BCUT2D eigenvalue weighted by molar-refractivity contribution is -0.141. The van der Waals surface area contributed by atoms with Gasteiger partial charge in [-0.15, -0.1) is 0 Å². The molecule has 3 nitrogen and oxygen atoms in total. The van der Waals surface area contributed by atoms with Gasteiger partial charge < -0.3 is 9.84 Å². The fraction of sp³-hybridized carbons (Fsp3) is 0.880. The van der Waals surface area contributed by atoms with Crippen LogP contribution in [0, 0.1) is 46.3 Å². The van der Waals surface area contributed by atoms with Crippen molar-refractivity contribution < 1.29 is 14.6 Å². The molecule has 0 bridgehead atoms. The van der Waals surface area contributed by atoms with Crippen molar-refractivity contribution in [3.63, 3.8) is 0 Å². The number of allylic oxidation sites excluding steroid dienone is 2. The van der Waals surface area contributed by atoms with E-state index < -0.39 is 0 Å². The fourth-order valence-electron chi connectivity index (χ4n) is 8.22. The second-order valence-corrected chi connectivity index (χ2v) is 11.0. The van der Waals surface area contributed by atoms with Crippen LogP contribution in [-0.2, 0) is 9.53 Å². The summed E-state index contributed by atoms with van der Waals surface area (Å²) in [5.74, 6) is 4.12. The van der Waals surface area contributed by atoms with Gasteiger partial charge in [0.2, 0.25) is 0 Å². The lowest BCUT2D eigenvalue weighted by atomic mass is 9.46. The Morgan fingerprint density at radius 1 is 1.11 bits per heavy atom. The molecule has 0 radical (unpaired) electrons. The maximum atomic E-state index is 11.6. The Labute approximate surface area is 171 Å². The molecule has 8 unspecified atom stereocenters. The molecule has 0 aromatic heterocycles. The Balaban J connectivity index is 1.52. The second kappa shape index (κ2) is 7.45. The minimum absolute atomic E-state index is 0.0658. The van der Waals surface area contributed by atoms with Gasteiger partial charge in [-0.1, -0.05) is 32.9 Å². The van der Waals surface area contributed by atoms with Crippen LogP contribution in [0.3, 0.4) is 0 Å². The summed E-state index contributed by atoms with van der Waals surface area (Å²) in [5.41, 5.74) is 0.799. The molecule has 4 rings (SSSR count). The summed E-state index contributed by atoms with van der Waals surface area (Å²) in [6.45, 7) is 7.45. The number of carbonyl (C=O) groups is 1. The predicted octanol–water partition coefficient (Wildman–Crippen LogP) is 5.37. The van der Waals surface area contributed by atoms with E-state index in [9.17, 15) is 9.90 Å². The summed E-state index contributed by atoms with van der Waals surface area (Å²) in [5, 5.41) is 10.2. The number of esters is 1. The first-order valence-electron chi connectivity index (χ1n) is 11.7. The van der Waals surface area contributed by atoms with Gasteiger partial charge in [0, 0.05) is 6.42 Å². The van der Waals surface area contributed by atoms with E-state index in [1.165, 1.54) is 39.2 Å². The van der Waals surface area contributed by atoms with E-state index in [-0.39, 0.29) is 12.1 Å². The minimum Gasteiger partial charge on any atom is -0.469 e. The van der Waals surface area contributed by atoms with Crippen LogP contribution < -0.4 is 0 Å². The van der Waals surface area contributed by atoms with E-state index in [0.29, 0.717) is 35.0 Å². The number of aliphatic hydroxyl groups is 1. The van der Waals surface area contributed by atoms with Crippen molar-refractivity contribution in [1.29, 1.82) is 0 Å². The van der Waals surface area contributed by atoms with Gasteiger partial charge in [-0.25, -0.2) is 0 Å². The van der Waals surface area contributed by atoms with E-state index in [1.807, 2.05) is 0 Å². The number of hydrogen-bond acceptors (Lipinski definition) is 3. The van der Waals surface area contributed by atoms with E-state index in [1.54, 1.807) is 0 Å². The Morgan fingerprint density at radius 2 is 1.82 bits per heavy atom. The molecular formula is C25H40O3. The van der Waals surface area contributed by atoms with Gasteiger partial charge >= 0.3 is 5.97 Å². The van der Waals surface area contributed by atoms with Crippen molar-refractivity contribution in [2.24, 2.45) is 46.3 Å². The number of rotatable bonds is 4. The molecule has 3 heteroatoms. The van der Waals surface area contributed by atoms with Crippen LogP contribution in [0.4, 0.5) is 0 Å². The van der Waals surface area contributed by atoms with Gasteiger partial charge in [-0.2, -0.15) is 0 Å². The number of hydrogen-bond donors (Lipinski definition) is 1. The Morgan fingerprint density at radius 3 is 2.57 bits per heavy atom. The normalized spacial score (nSPS) is 48.3. The molecule has 0 amide bonds. The molecule has 0 aliphatic heterocycles. The standard InChI is InChI=1S/C25H40O3/c1-16(5-10-23(27)28-4)20-8-9-21-19-7-6-17-15-18(26)11-13-24(17,2)22(19)12-14-25(20,21)3/h6-7,16-22,26H,5,8-15H2,1-4H3/t16-,17?,18?,19?,20?,21?,22?,24?,25?/m1/s1. The predicted molar refractivity (Wildman–Crippen MR) is 112 cm³/mol. The summed E-state index contributed by atoms with van der Waals surface area (Å²) in [4.78, 5) is 11.6. The summed E-state index contributed by atoms with van der Waals surface area (Å²) in [7, 11) is 1.49. The topological polar surface area (TPSA) is 46.5 Å². The second-order valence-electron chi connectivity index (χ2n) is 11.0. The molecular weight excluding hydrogens is 348 g/mol. The summed E-state index contributed by atoms with van der Waals surface area (Å²) >= 11 is 0. The van der Waals surface area contributed by atoms with Gasteiger partial charge in [0.25, 0.3) is 0 Å². The van der Waals surface area contributed by atoms with Crippen LogP contribution >= 0.6 is 0 Å². The van der Waals surface area contributed by atoms with E-state index in [4.69, 9.17) is 4.74 Å². The third-order valence-electron chi connectivity index (χ3n) is 9.93. The first kappa shape index (κ1) is 20.4. The molecule has 0 aromatic rings. The van der Waals surface area contributed by atoms with Crippen LogP contribution in [0.5, 0.6) is 0 Å². The molecule has 4 aliphatic rings. The maximum Gasteiger partial charge on any atom is 0.305 e. The highest BCUT2D eigenvalue weighted by Crippen LogP contribution is 2.67. The Kier molecular flexibility index (Phi) is 5.44. The van der Waals surface area contributed by atoms with Crippen molar-refractivity contribution in [3.8, 4) is 0 Å². The van der Waals surface area contributed by atoms with Crippen molar-refractivity contribution in [2.75, 3.05) is 7.11 Å². The average Bonchev–Trinajstić information content (AvgIpc) is 3.03. The van der Waals surface area contributed by atoms with E-state index in [2.05, 4.69) is 32.9 Å². The molecule has 3 saturated carbocycles. The van der Waals surface area contributed by atoms with Gasteiger partial charge in [0.15, 0.2) is 0 Å². The first-order chi connectivity index (χ1) is 13.3. The molecule has 0 spiro atoms. The highest BCUT2D eigenvalue weighted by molar-refractivity contribution is 5.69. The molecule has 9 atom stereocenters. The van der Waals surface area contributed by atoms with Gasteiger partial charge in [0.1, 0.15) is 0 Å². The van der Waals surface area contributed by atoms with Gasteiger partial charge in [-0.05, 0) is 97.7 Å². The SMILES string of the molecule is COC(=O)CC[C@@H](C)C1CCC2C3C=CC4CC(O)CCC4(C)C3CCC21C. The van der Waals surface area contributed by atoms with Crippen molar-refractivity contribution in [2.45, 2.75) is 84.7 Å². The molecule has 28 heavy (non-hydrogen) atoms. The fourth-order valence-corrected chi connectivity index (χ4v) is 8.22. The number of methoxy groups -OCH3 is 1. The third kappa shape index (κ3) is 3.16. The number of ether oxygens (including phenoxy) is 1. The summed E-state index contributed by atoms with van der Waals surface area (Å²) < 4.78 is 4.87. The third-order valence-corrected chi connectivity index (χ3v) is 9.93. The lowest BCUT2D eigenvalue weighted by Crippen LogP contribution is -2.52. The van der Waals surface area contributed by atoms with Crippen LogP contribution in [-0.4, -0.2) is 24.3 Å².